The molecule has 0 aliphatic heterocycles. The van der Waals surface area contributed by atoms with Gasteiger partial charge in [0.25, 0.3) is 0 Å². The molecule has 0 bridgehead atoms. The SMILES string of the molecule is O=S(=O)([O-])[O-].c1ccc([I+]c2ccccc2)cc1.c1ccc([I+]c2ccccc2)cc1. The molecule has 0 atom stereocenters. The van der Waals surface area contributed by atoms with E-state index in [1.807, 2.05) is 0 Å². The molecule has 4 aromatic carbocycles. The van der Waals surface area contributed by atoms with Crippen LogP contribution in [0, 0.1) is 14.3 Å². The summed E-state index contributed by atoms with van der Waals surface area (Å²) in [5.41, 5.74) is 0. The summed E-state index contributed by atoms with van der Waals surface area (Å²) in [6.45, 7) is 0. The van der Waals surface area contributed by atoms with Crippen LogP contribution in [0.1, 0.15) is 0 Å². The van der Waals surface area contributed by atoms with Crippen LogP contribution in [0.15, 0.2) is 121 Å². The van der Waals surface area contributed by atoms with Gasteiger partial charge in [-0.2, -0.15) is 0 Å². The van der Waals surface area contributed by atoms with Gasteiger partial charge in [0, 0.05) is 10.4 Å². The minimum absolute atomic E-state index is 0.0287. The predicted octanol–water partition coefficient (Wildman–Crippen LogP) is -1.71. The first-order valence-corrected chi connectivity index (χ1v) is 14.7. The van der Waals surface area contributed by atoms with Crippen molar-refractivity contribution in [3.8, 4) is 0 Å². The quantitative estimate of drug-likeness (QED) is 0.149. The number of benzene rings is 4. The van der Waals surface area contributed by atoms with E-state index in [1.165, 1.54) is 14.3 Å². The molecular weight excluding hydrogens is 638 g/mol. The number of hydrogen-bond acceptors (Lipinski definition) is 4. The second kappa shape index (κ2) is 14.3. The molecule has 0 unspecified atom stereocenters. The number of halogens is 2. The molecule has 0 saturated heterocycles. The molecule has 31 heavy (non-hydrogen) atoms. The Morgan fingerprint density at radius 3 is 0.742 bits per heavy atom. The molecule has 0 radical (unpaired) electrons. The molecule has 0 aliphatic carbocycles. The third-order valence-corrected chi connectivity index (χ3v) is 8.74. The van der Waals surface area contributed by atoms with Crippen molar-refractivity contribution in [2.24, 2.45) is 0 Å². The molecule has 0 aromatic heterocycles. The van der Waals surface area contributed by atoms with E-state index < -0.39 is 10.4 Å². The maximum absolute atomic E-state index is 8.52. The topological polar surface area (TPSA) is 80.3 Å². The average molecular weight is 658 g/mol. The highest BCUT2D eigenvalue weighted by Crippen LogP contribution is 1.86. The number of hydrogen-bond donors (Lipinski definition) is 0. The maximum atomic E-state index is 8.52. The molecule has 0 spiro atoms. The Morgan fingerprint density at radius 1 is 0.419 bits per heavy atom. The van der Waals surface area contributed by atoms with E-state index in [0.29, 0.717) is 0 Å². The summed E-state index contributed by atoms with van der Waals surface area (Å²) in [5.74, 6) is 0. The lowest BCUT2D eigenvalue weighted by Crippen LogP contribution is -3.61. The average Bonchev–Trinajstić information content (AvgIpc) is 2.76. The van der Waals surface area contributed by atoms with E-state index >= 15 is 0 Å². The van der Waals surface area contributed by atoms with Gasteiger partial charge < -0.3 is 9.11 Å². The predicted molar refractivity (Wildman–Crippen MR) is 111 cm³/mol. The first-order chi connectivity index (χ1) is 14.9. The third-order valence-electron chi connectivity index (χ3n) is 3.37. The van der Waals surface area contributed by atoms with E-state index in [0.717, 1.165) is 0 Å². The summed E-state index contributed by atoms with van der Waals surface area (Å²) in [6, 6.07) is 42.8. The van der Waals surface area contributed by atoms with E-state index in [9.17, 15) is 0 Å². The third kappa shape index (κ3) is 13.3. The first kappa shape index (κ1) is 25.5. The van der Waals surface area contributed by atoms with E-state index in [-0.39, 0.29) is 42.4 Å². The largest absolute Gasteiger partial charge is 0.759 e. The highest BCUT2D eigenvalue weighted by molar-refractivity contribution is 7.79. The van der Waals surface area contributed by atoms with Gasteiger partial charge >= 0.3 is 42.4 Å². The maximum Gasteiger partial charge on any atom is 0.357 e. The van der Waals surface area contributed by atoms with Crippen LogP contribution in [0.3, 0.4) is 0 Å². The van der Waals surface area contributed by atoms with Crippen LogP contribution in [0.25, 0.3) is 0 Å². The molecule has 7 heteroatoms. The summed E-state index contributed by atoms with van der Waals surface area (Å²) in [4.78, 5) is 0. The Morgan fingerprint density at radius 2 is 0.581 bits per heavy atom. The summed E-state index contributed by atoms with van der Waals surface area (Å²) in [7, 11) is -5.17. The zero-order valence-electron chi connectivity index (χ0n) is 16.3. The van der Waals surface area contributed by atoms with Crippen molar-refractivity contribution in [3.05, 3.63) is 136 Å². The summed E-state index contributed by atoms with van der Waals surface area (Å²) < 4.78 is 40.0. The minimum atomic E-state index is -5.17. The van der Waals surface area contributed by atoms with Crippen molar-refractivity contribution in [3.63, 3.8) is 0 Å². The molecule has 0 heterocycles. The van der Waals surface area contributed by atoms with E-state index in [1.54, 1.807) is 0 Å². The van der Waals surface area contributed by atoms with Crippen LogP contribution in [0.2, 0.25) is 0 Å². The van der Waals surface area contributed by atoms with Crippen LogP contribution < -0.4 is 42.4 Å². The molecule has 160 valence electrons. The minimum Gasteiger partial charge on any atom is -0.759 e. The fraction of sp³-hybridized carbons (Fsp3) is 0. The van der Waals surface area contributed by atoms with Gasteiger partial charge in [-0.1, -0.05) is 72.8 Å². The highest BCUT2D eigenvalue weighted by Gasteiger charge is 2.13. The summed E-state index contributed by atoms with van der Waals surface area (Å²) >= 11 is 0.0574. The molecule has 0 fully saturated rings. The summed E-state index contributed by atoms with van der Waals surface area (Å²) in [6.07, 6.45) is 0. The van der Waals surface area contributed by atoms with Gasteiger partial charge in [-0.3, -0.25) is 8.42 Å². The Bertz CT molecular complexity index is 933. The van der Waals surface area contributed by atoms with Crippen LogP contribution in [-0.2, 0) is 10.4 Å². The zero-order valence-corrected chi connectivity index (χ0v) is 21.5. The van der Waals surface area contributed by atoms with Crippen molar-refractivity contribution in [1.29, 1.82) is 0 Å². The normalized spacial score (nSPS) is 10.1. The monoisotopic (exact) mass is 658 g/mol. The van der Waals surface area contributed by atoms with Gasteiger partial charge in [-0.15, -0.1) is 0 Å². The first-order valence-electron chi connectivity index (χ1n) is 9.07. The smallest absolute Gasteiger partial charge is 0.357 e. The van der Waals surface area contributed by atoms with Crippen LogP contribution in [-0.4, -0.2) is 17.5 Å². The fourth-order valence-corrected chi connectivity index (χ4v) is 6.70. The Kier molecular flexibility index (Phi) is 11.8. The lowest BCUT2D eigenvalue weighted by atomic mass is 10.4. The second-order valence-corrected chi connectivity index (χ2v) is 12.7. The molecular formula is C24H20I2O4S. The van der Waals surface area contributed by atoms with Crippen LogP contribution in [0.5, 0.6) is 0 Å². The van der Waals surface area contributed by atoms with Crippen molar-refractivity contribution < 1.29 is 59.9 Å². The lowest BCUT2D eigenvalue weighted by molar-refractivity contribution is -0.597. The zero-order chi connectivity index (χ0) is 22.4. The molecule has 4 rings (SSSR count). The number of rotatable bonds is 4. The molecule has 0 saturated carbocycles. The molecule has 4 aromatic rings. The molecule has 4 nitrogen and oxygen atoms in total. The van der Waals surface area contributed by atoms with Gasteiger partial charge in [-0.25, -0.2) is 0 Å². The van der Waals surface area contributed by atoms with E-state index in [2.05, 4.69) is 121 Å². The summed E-state index contributed by atoms with van der Waals surface area (Å²) in [5, 5.41) is 0. The second-order valence-electron chi connectivity index (χ2n) is 5.78. The lowest BCUT2D eigenvalue weighted by Gasteiger charge is -2.06. The Labute approximate surface area is 204 Å². The van der Waals surface area contributed by atoms with Crippen molar-refractivity contribution >= 4 is 10.4 Å². The van der Waals surface area contributed by atoms with Gasteiger partial charge in [0.15, 0.2) is 14.3 Å². The molecule has 0 aliphatic rings. The van der Waals surface area contributed by atoms with E-state index in [4.69, 9.17) is 17.5 Å². The highest BCUT2D eigenvalue weighted by atomic mass is 127. The Balaban J connectivity index is 0.000000182. The van der Waals surface area contributed by atoms with Crippen molar-refractivity contribution in [1.82, 2.24) is 0 Å². The van der Waals surface area contributed by atoms with Gasteiger partial charge in [0.2, 0.25) is 0 Å². The molecule has 0 N–H and O–H groups in total. The molecule has 0 amide bonds. The fourth-order valence-electron chi connectivity index (χ4n) is 2.16. The van der Waals surface area contributed by atoms with Gasteiger partial charge in [-0.05, 0) is 48.5 Å². The van der Waals surface area contributed by atoms with Crippen molar-refractivity contribution in [2.75, 3.05) is 0 Å². The van der Waals surface area contributed by atoms with Gasteiger partial charge in [0.1, 0.15) is 0 Å². The Hall–Kier alpha value is -1.79. The van der Waals surface area contributed by atoms with Crippen LogP contribution in [0.4, 0.5) is 0 Å². The van der Waals surface area contributed by atoms with Crippen LogP contribution >= 0.6 is 0 Å². The standard InChI is InChI=1S/2C12H10I.H2O4S/c2*1-3-7-11(8-4-1)13-12-9-5-2-6-10-12;1-5(2,3)4/h2*1-10H;(H2,1,2,3,4)/q2*+1;/p-2. The van der Waals surface area contributed by atoms with Crippen molar-refractivity contribution in [2.45, 2.75) is 0 Å². The van der Waals surface area contributed by atoms with Gasteiger partial charge in [0.05, 0.1) is 0 Å².